The van der Waals surface area contributed by atoms with Gasteiger partial charge in [0.25, 0.3) is 0 Å². The number of nitrogens with zero attached hydrogens (tertiary/aromatic N) is 2. The SMILES string of the molecule is CCC(=O)N1CCN(C(C)=N)CC1. The molecule has 0 radical (unpaired) electrons. The van der Waals surface area contributed by atoms with Crippen LogP contribution in [0.5, 0.6) is 0 Å². The van der Waals surface area contributed by atoms with E-state index in [1.807, 2.05) is 16.7 Å². The average Bonchev–Trinajstić information content (AvgIpc) is 2.17. The molecule has 0 bridgehead atoms. The van der Waals surface area contributed by atoms with Crippen LogP contribution in [-0.4, -0.2) is 47.7 Å². The van der Waals surface area contributed by atoms with Crippen LogP contribution >= 0.6 is 0 Å². The monoisotopic (exact) mass is 183 g/mol. The molecule has 0 aliphatic carbocycles. The summed E-state index contributed by atoms with van der Waals surface area (Å²) < 4.78 is 0. The van der Waals surface area contributed by atoms with Crippen LogP contribution in [0.2, 0.25) is 0 Å². The smallest absolute Gasteiger partial charge is 0.222 e. The van der Waals surface area contributed by atoms with Crippen molar-refractivity contribution in [3.05, 3.63) is 0 Å². The lowest BCUT2D eigenvalue weighted by Crippen LogP contribution is -2.49. The first kappa shape index (κ1) is 10.0. The molecule has 0 aromatic heterocycles. The number of rotatable bonds is 1. The van der Waals surface area contributed by atoms with Gasteiger partial charge in [-0.1, -0.05) is 6.92 Å². The second-order valence-electron chi connectivity index (χ2n) is 3.31. The minimum atomic E-state index is 0.224. The number of piperazine rings is 1. The van der Waals surface area contributed by atoms with E-state index in [1.54, 1.807) is 6.92 Å². The topological polar surface area (TPSA) is 47.4 Å². The first-order valence-electron chi connectivity index (χ1n) is 4.73. The minimum absolute atomic E-state index is 0.224. The molecule has 1 aliphatic rings. The Morgan fingerprint density at radius 2 is 1.69 bits per heavy atom. The van der Waals surface area contributed by atoms with E-state index in [9.17, 15) is 4.79 Å². The van der Waals surface area contributed by atoms with Crippen molar-refractivity contribution in [2.24, 2.45) is 0 Å². The maximum Gasteiger partial charge on any atom is 0.222 e. The van der Waals surface area contributed by atoms with Crippen LogP contribution in [0.25, 0.3) is 0 Å². The lowest BCUT2D eigenvalue weighted by molar-refractivity contribution is -0.132. The summed E-state index contributed by atoms with van der Waals surface area (Å²) in [6, 6.07) is 0. The van der Waals surface area contributed by atoms with Gasteiger partial charge in [0, 0.05) is 32.6 Å². The van der Waals surface area contributed by atoms with Crippen molar-refractivity contribution in [3.8, 4) is 0 Å². The second-order valence-corrected chi connectivity index (χ2v) is 3.31. The molecule has 0 saturated carbocycles. The molecule has 1 saturated heterocycles. The summed E-state index contributed by atoms with van der Waals surface area (Å²) in [6.07, 6.45) is 0.587. The summed E-state index contributed by atoms with van der Waals surface area (Å²) in [5, 5.41) is 7.43. The van der Waals surface area contributed by atoms with Gasteiger partial charge in [-0.15, -0.1) is 0 Å². The van der Waals surface area contributed by atoms with Crippen LogP contribution in [0.4, 0.5) is 0 Å². The van der Waals surface area contributed by atoms with Crippen LogP contribution in [-0.2, 0) is 4.79 Å². The van der Waals surface area contributed by atoms with E-state index in [-0.39, 0.29) is 5.91 Å². The normalized spacial score (nSPS) is 17.4. The van der Waals surface area contributed by atoms with Crippen LogP contribution < -0.4 is 0 Å². The van der Waals surface area contributed by atoms with Crippen molar-refractivity contribution in [3.63, 3.8) is 0 Å². The van der Waals surface area contributed by atoms with Crippen molar-refractivity contribution >= 4 is 11.7 Å². The zero-order chi connectivity index (χ0) is 9.84. The minimum Gasteiger partial charge on any atom is -0.357 e. The van der Waals surface area contributed by atoms with E-state index in [4.69, 9.17) is 5.41 Å². The highest BCUT2D eigenvalue weighted by Crippen LogP contribution is 2.03. The van der Waals surface area contributed by atoms with E-state index in [1.165, 1.54) is 0 Å². The number of nitrogens with one attached hydrogen (secondary N) is 1. The molecule has 1 N–H and O–H groups in total. The Morgan fingerprint density at radius 3 is 2.08 bits per heavy atom. The Balaban J connectivity index is 2.39. The number of amidine groups is 1. The first-order valence-corrected chi connectivity index (χ1v) is 4.73. The molecule has 0 unspecified atom stereocenters. The van der Waals surface area contributed by atoms with Gasteiger partial charge in [0.15, 0.2) is 0 Å². The van der Waals surface area contributed by atoms with E-state index in [0.717, 1.165) is 26.2 Å². The first-order chi connectivity index (χ1) is 6.15. The predicted molar refractivity (Wildman–Crippen MR) is 51.8 cm³/mol. The third kappa shape index (κ3) is 2.44. The largest absolute Gasteiger partial charge is 0.357 e. The molecule has 0 spiro atoms. The van der Waals surface area contributed by atoms with Gasteiger partial charge in [-0.05, 0) is 6.92 Å². The van der Waals surface area contributed by atoms with E-state index in [0.29, 0.717) is 12.3 Å². The fourth-order valence-corrected chi connectivity index (χ4v) is 1.51. The third-order valence-corrected chi connectivity index (χ3v) is 2.41. The standard InChI is InChI=1S/C9H17N3O/c1-3-9(13)12-6-4-11(5-7-12)8(2)10/h10H,3-7H2,1-2H3. The second kappa shape index (κ2) is 4.25. The van der Waals surface area contributed by atoms with Crippen LogP contribution in [0.3, 0.4) is 0 Å². The quantitative estimate of drug-likeness (QED) is 0.476. The highest BCUT2D eigenvalue weighted by molar-refractivity contribution is 5.78. The number of hydrogen-bond donors (Lipinski definition) is 1. The van der Waals surface area contributed by atoms with Crippen molar-refractivity contribution in [1.82, 2.24) is 9.80 Å². The number of carbonyl (C=O) groups is 1. The Kier molecular flexibility index (Phi) is 3.28. The molecule has 0 aromatic rings. The summed E-state index contributed by atoms with van der Waals surface area (Å²) in [7, 11) is 0. The van der Waals surface area contributed by atoms with E-state index in [2.05, 4.69) is 0 Å². The highest BCUT2D eigenvalue weighted by Gasteiger charge is 2.19. The summed E-state index contributed by atoms with van der Waals surface area (Å²) in [5.41, 5.74) is 0. The molecular formula is C9H17N3O. The molecule has 0 aromatic carbocycles. The number of hydrogen-bond acceptors (Lipinski definition) is 2. The Hall–Kier alpha value is -1.06. The lowest BCUT2D eigenvalue weighted by Gasteiger charge is -2.35. The van der Waals surface area contributed by atoms with E-state index >= 15 is 0 Å². The number of carbonyl (C=O) groups excluding carboxylic acids is 1. The molecule has 74 valence electrons. The summed E-state index contributed by atoms with van der Waals surface area (Å²) in [5.74, 6) is 0.825. The zero-order valence-electron chi connectivity index (χ0n) is 8.34. The van der Waals surface area contributed by atoms with Gasteiger partial charge in [-0.25, -0.2) is 0 Å². The molecule has 1 aliphatic heterocycles. The van der Waals surface area contributed by atoms with Gasteiger partial charge in [0.1, 0.15) is 0 Å². The van der Waals surface area contributed by atoms with Gasteiger partial charge in [0.2, 0.25) is 5.91 Å². The maximum atomic E-state index is 11.3. The zero-order valence-corrected chi connectivity index (χ0v) is 8.34. The average molecular weight is 183 g/mol. The predicted octanol–water partition coefficient (Wildman–Crippen LogP) is 0.538. The fraction of sp³-hybridized carbons (Fsp3) is 0.778. The van der Waals surface area contributed by atoms with Gasteiger partial charge in [-0.3, -0.25) is 10.2 Å². The van der Waals surface area contributed by atoms with Crippen molar-refractivity contribution in [2.75, 3.05) is 26.2 Å². The highest BCUT2D eigenvalue weighted by atomic mass is 16.2. The Bertz CT molecular complexity index is 207. The molecular weight excluding hydrogens is 166 g/mol. The van der Waals surface area contributed by atoms with Gasteiger partial charge in [0.05, 0.1) is 5.84 Å². The van der Waals surface area contributed by atoms with E-state index < -0.39 is 0 Å². The summed E-state index contributed by atoms with van der Waals surface area (Å²) >= 11 is 0. The molecule has 1 fully saturated rings. The molecule has 1 rings (SSSR count). The van der Waals surface area contributed by atoms with Crippen molar-refractivity contribution in [2.45, 2.75) is 20.3 Å². The van der Waals surface area contributed by atoms with Crippen LogP contribution in [0.15, 0.2) is 0 Å². The summed E-state index contributed by atoms with van der Waals surface area (Å²) in [4.78, 5) is 15.2. The van der Waals surface area contributed by atoms with Crippen LogP contribution in [0, 0.1) is 5.41 Å². The molecule has 4 nitrogen and oxygen atoms in total. The fourth-order valence-electron chi connectivity index (χ4n) is 1.51. The summed E-state index contributed by atoms with van der Waals surface area (Å²) in [6.45, 7) is 6.82. The Labute approximate surface area is 79.0 Å². The van der Waals surface area contributed by atoms with Gasteiger partial charge >= 0.3 is 0 Å². The number of amides is 1. The molecule has 0 atom stereocenters. The maximum absolute atomic E-state index is 11.3. The van der Waals surface area contributed by atoms with Crippen LogP contribution in [0.1, 0.15) is 20.3 Å². The third-order valence-electron chi connectivity index (χ3n) is 2.41. The lowest BCUT2D eigenvalue weighted by atomic mass is 10.3. The molecule has 13 heavy (non-hydrogen) atoms. The van der Waals surface area contributed by atoms with Crippen molar-refractivity contribution < 1.29 is 4.79 Å². The van der Waals surface area contributed by atoms with Gasteiger partial charge < -0.3 is 9.80 Å². The van der Waals surface area contributed by atoms with Gasteiger partial charge in [-0.2, -0.15) is 0 Å². The van der Waals surface area contributed by atoms with Crippen molar-refractivity contribution in [1.29, 1.82) is 5.41 Å². The molecule has 1 heterocycles. The molecule has 4 heteroatoms. The molecule has 1 amide bonds. The Morgan fingerprint density at radius 1 is 1.23 bits per heavy atom.